The first-order chi connectivity index (χ1) is 16.1. The van der Waals surface area contributed by atoms with Crippen molar-refractivity contribution in [2.45, 2.75) is 6.92 Å². The maximum Gasteiger partial charge on any atom is 0.222 e. The van der Waals surface area contributed by atoms with Crippen molar-refractivity contribution in [2.75, 3.05) is 17.7 Å². The minimum Gasteiger partial charge on any atom is -0.357 e. The van der Waals surface area contributed by atoms with Crippen molar-refractivity contribution in [1.29, 1.82) is 0 Å². The van der Waals surface area contributed by atoms with Crippen LogP contribution in [0.4, 0.5) is 17.5 Å². The summed E-state index contributed by atoms with van der Waals surface area (Å²) in [6, 6.07) is 19.1. The van der Waals surface area contributed by atoms with Crippen molar-refractivity contribution in [1.82, 2.24) is 19.7 Å². The highest BCUT2D eigenvalue weighted by molar-refractivity contribution is 7.17. The van der Waals surface area contributed by atoms with Crippen LogP contribution in [0.2, 0.25) is 0 Å². The molecule has 0 unspecified atom stereocenters. The van der Waals surface area contributed by atoms with Crippen LogP contribution >= 0.6 is 11.3 Å². The second-order valence-corrected chi connectivity index (χ2v) is 9.02. The van der Waals surface area contributed by atoms with Crippen LogP contribution in [-0.2, 0) is 7.05 Å². The summed E-state index contributed by atoms with van der Waals surface area (Å²) in [6.45, 7) is 2.14. The van der Waals surface area contributed by atoms with E-state index in [-0.39, 0.29) is 0 Å². The van der Waals surface area contributed by atoms with Gasteiger partial charge in [0, 0.05) is 52.1 Å². The van der Waals surface area contributed by atoms with Crippen molar-refractivity contribution < 1.29 is 0 Å². The smallest absolute Gasteiger partial charge is 0.222 e. The third-order valence-electron chi connectivity index (χ3n) is 6.04. The van der Waals surface area contributed by atoms with Gasteiger partial charge in [-0.25, -0.2) is 9.97 Å². The number of nitrogens with zero attached hydrogens (tertiary/aromatic N) is 4. The highest BCUT2D eigenvalue weighted by Crippen LogP contribution is 2.38. The molecule has 3 aromatic carbocycles. The third kappa shape index (κ3) is 3.20. The number of benzene rings is 3. The van der Waals surface area contributed by atoms with E-state index in [1.54, 1.807) is 11.3 Å². The minimum absolute atomic E-state index is 0.622. The first kappa shape index (κ1) is 19.7. The van der Waals surface area contributed by atoms with Gasteiger partial charge in [-0.1, -0.05) is 30.3 Å². The van der Waals surface area contributed by atoms with Crippen molar-refractivity contribution in [3.05, 3.63) is 71.7 Å². The van der Waals surface area contributed by atoms with Gasteiger partial charge in [-0.3, -0.25) is 4.68 Å². The number of hydrogen-bond acceptors (Lipinski definition) is 6. The van der Waals surface area contributed by atoms with Gasteiger partial charge in [0.1, 0.15) is 0 Å². The predicted molar refractivity (Wildman–Crippen MR) is 139 cm³/mol. The van der Waals surface area contributed by atoms with E-state index in [1.165, 1.54) is 21.2 Å². The van der Waals surface area contributed by atoms with Crippen LogP contribution in [0.25, 0.3) is 43.0 Å². The van der Waals surface area contributed by atoms with Gasteiger partial charge in [-0.05, 0) is 42.3 Å². The molecule has 0 fully saturated rings. The first-order valence-corrected chi connectivity index (χ1v) is 11.6. The molecule has 0 aliphatic heterocycles. The number of aryl methyl sites for hydroxylation is 2. The Labute approximate surface area is 194 Å². The molecule has 0 saturated carbocycles. The zero-order valence-corrected chi connectivity index (χ0v) is 19.4. The Kier molecular flexibility index (Phi) is 4.52. The Morgan fingerprint density at radius 3 is 2.76 bits per heavy atom. The van der Waals surface area contributed by atoms with Gasteiger partial charge in [0.15, 0.2) is 5.82 Å². The molecule has 2 N–H and O–H groups in total. The molecule has 3 aromatic heterocycles. The second-order valence-electron chi connectivity index (χ2n) is 8.11. The fraction of sp³-hybridized carbons (Fsp3) is 0.115. The average Bonchev–Trinajstić information content (AvgIpc) is 3.39. The Bertz CT molecular complexity index is 1660. The minimum atomic E-state index is 0.622. The highest BCUT2D eigenvalue weighted by Gasteiger charge is 2.17. The Morgan fingerprint density at radius 1 is 1.00 bits per heavy atom. The lowest BCUT2D eigenvalue weighted by atomic mass is 9.96. The van der Waals surface area contributed by atoms with Crippen molar-refractivity contribution in [2.24, 2.45) is 7.05 Å². The van der Waals surface area contributed by atoms with Crippen LogP contribution in [0.5, 0.6) is 0 Å². The lowest BCUT2D eigenvalue weighted by Crippen LogP contribution is -1.97. The van der Waals surface area contributed by atoms with Crippen LogP contribution in [0.15, 0.2) is 66.2 Å². The largest absolute Gasteiger partial charge is 0.357 e. The molecule has 6 rings (SSSR count). The summed E-state index contributed by atoms with van der Waals surface area (Å²) in [6.07, 6.45) is 1.87. The monoisotopic (exact) mass is 450 g/mol. The maximum atomic E-state index is 4.86. The summed E-state index contributed by atoms with van der Waals surface area (Å²) in [5.41, 5.74) is 6.60. The molecule has 33 heavy (non-hydrogen) atoms. The maximum absolute atomic E-state index is 4.86. The molecule has 0 saturated heterocycles. The number of fused-ring (bicyclic) bond motifs is 3. The number of thiophene rings is 1. The van der Waals surface area contributed by atoms with Crippen LogP contribution in [0.3, 0.4) is 0 Å². The van der Waals surface area contributed by atoms with Crippen LogP contribution in [0, 0.1) is 6.92 Å². The third-order valence-corrected chi connectivity index (χ3v) is 7.00. The molecule has 0 atom stereocenters. The van der Waals surface area contributed by atoms with Gasteiger partial charge in [0.25, 0.3) is 0 Å². The van der Waals surface area contributed by atoms with Crippen molar-refractivity contribution in [3.63, 3.8) is 0 Å². The van der Waals surface area contributed by atoms with Gasteiger partial charge in [0.2, 0.25) is 5.95 Å². The molecule has 7 heteroatoms. The van der Waals surface area contributed by atoms with Gasteiger partial charge in [0.05, 0.1) is 16.7 Å². The van der Waals surface area contributed by atoms with E-state index >= 15 is 0 Å². The summed E-state index contributed by atoms with van der Waals surface area (Å²) in [5.74, 6) is 1.48. The van der Waals surface area contributed by atoms with Crippen LogP contribution in [0.1, 0.15) is 5.56 Å². The Balaban J connectivity index is 1.50. The number of anilines is 3. The molecule has 3 heterocycles. The number of nitrogens with one attached hydrogen (secondary N) is 2. The molecule has 0 bridgehead atoms. The van der Waals surface area contributed by atoms with Crippen LogP contribution < -0.4 is 10.6 Å². The molecule has 162 valence electrons. The van der Waals surface area contributed by atoms with E-state index < -0.39 is 0 Å². The van der Waals surface area contributed by atoms with E-state index in [0.717, 1.165) is 38.9 Å². The molecule has 0 aliphatic rings. The fourth-order valence-electron chi connectivity index (χ4n) is 4.44. The molecule has 0 radical (unpaired) electrons. The van der Waals surface area contributed by atoms with E-state index in [2.05, 4.69) is 87.5 Å². The number of hydrogen-bond donors (Lipinski definition) is 2. The summed E-state index contributed by atoms with van der Waals surface area (Å²) in [5, 5.41) is 16.9. The summed E-state index contributed by atoms with van der Waals surface area (Å²) < 4.78 is 3.23. The van der Waals surface area contributed by atoms with E-state index in [0.29, 0.717) is 5.95 Å². The normalized spacial score (nSPS) is 11.5. The van der Waals surface area contributed by atoms with Crippen molar-refractivity contribution in [3.8, 4) is 11.1 Å². The number of rotatable bonds is 4. The average molecular weight is 451 g/mol. The Hall–Kier alpha value is -3.97. The predicted octanol–water partition coefficient (Wildman–Crippen LogP) is 6.49. The topological polar surface area (TPSA) is 67.7 Å². The zero-order chi connectivity index (χ0) is 22.5. The lowest BCUT2D eigenvalue weighted by molar-refractivity contribution is 0.801. The first-order valence-electron chi connectivity index (χ1n) is 10.8. The molecule has 6 aromatic rings. The standard InChI is InChI=1S/C26H22N6S/c1-15-8-10-19-24(23(15)16-9-11-20-17(12-16)13-28-26(27-2)30-20)32(3)31-25(19)29-21-14-33-22-7-5-4-6-18(21)22/h4-14H,1-3H3,(H,29,31)(H,27,28,30). The molecule has 0 amide bonds. The lowest BCUT2D eigenvalue weighted by Gasteiger charge is -2.11. The summed E-state index contributed by atoms with van der Waals surface area (Å²) in [4.78, 5) is 8.94. The fourth-order valence-corrected chi connectivity index (χ4v) is 5.33. The van der Waals surface area contributed by atoms with Gasteiger partial charge < -0.3 is 10.6 Å². The number of aromatic nitrogens is 4. The molecule has 0 spiro atoms. The van der Waals surface area contributed by atoms with E-state index in [9.17, 15) is 0 Å². The van der Waals surface area contributed by atoms with E-state index in [4.69, 9.17) is 5.10 Å². The second kappa shape index (κ2) is 7.56. The molecule has 6 nitrogen and oxygen atoms in total. The highest BCUT2D eigenvalue weighted by atomic mass is 32.1. The Morgan fingerprint density at radius 2 is 1.88 bits per heavy atom. The SMILES string of the molecule is CNc1ncc2cc(-c3c(C)ccc4c(Nc5csc6ccccc56)nn(C)c34)ccc2n1. The van der Waals surface area contributed by atoms with Gasteiger partial charge >= 0.3 is 0 Å². The van der Waals surface area contributed by atoms with Gasteiger partial charge in [-0.2, -0.15) is 5.10 Å². The zero-order valence-electron chi connectivity index (χ0n) is 18.5. The van der Waals surface area contributed by atoms with E-state index in [1.807, 2.05) is 25.0 Å². The summed E-state index contributed by atoms with van der Waals surface area (Å²) >= 11 is 1.74. The van der Waals surface area contributed by atoms with Crippen LogP contribution in [-0.4, -0.2) is 26.8 Å². The molecular weight excluding hydrogens is 428 g/mol. The quantitative estimate of drug-likeness (QED) is 0.321. The van der Waals surface area contributed by atoms with Crippen molar-refractivity contribution >= 4 is 60.7 Å². The molecular formula is C26H22N6S. The summed E-state index contributed by atoms with van der Waals surface area (Å²) in [7, 11) is 3.83. The van der Waals surface area contributed by atoms with Gasteiger partial charge in [-0.15, -0.1) is 11.3 Å². The molecule has 0 aliphatic carbocycles.